The second kappa shape index (κ2) is 6.82. The predicted octanol–water partition coefficient (Wildman–Crippen LogP) is 0.107. The van der Waals surface area contributed by atoms with Gasteiger partial charge in [-0.1, -0.05) is 30.4 Å². The monoisotopic (exact) mass is 294 g/mol. The van der Waals surface area contributed by atoms with E-state index in [4.69, 9.17) is 14.6 Å². The first-order chi connectivity index (χ1) is 10.1. The van der Waals surface area contributed by atoms with Gasteiger partial charge in [0.05, 0.1) is 6.61 Å². The van der Waals surface area contributed by atoms with Crippen molar-refractivity contribution in [1.82, 2.24) is 0 Å². The van der Waals surface area contributed by atoms with Crippen LogP contribution in [0.25, 0.3) is 6.08 Å². The maximum Gasteiger partial charge on any atom is 0.263 e. The smallest absolute Gasteiger partial charge is 0.263 e. The van der Waals surface area contributed by atoms with Crippen LogP contribution < -0.4 is 4.74 Å². The molecule has 114 valence electrons. The molecule has 6 heteroatoms. The van der Waals surface area contributed by atoms with Gasteiger partial charge in [0, 0.05) is 5.56 Å². The largest absolute Gasteiger partial charge is 0.457 e. The van der Waals surface area contributed by atoms with Gasteiger partial charge in [-0.3, -0.25) is 4.79 Å². The standard InChI is InChI=1S/C15H18O6/c1-2-5-9-6-3-4-7-10(9)20-15-14(19)13(18)12(17)11(8-16)21-15/h2-7,11-13,15-18H,8H2,1H3/t11-,12-,13+,15?/m1/s1. The number of aliphatic hydroxyl groups is 3. The SMILES string of the molecule is CC=Cc1ccccc1OC1O[C@H](CO)[C@@H](O)[C@H](O)C1=O. The van der Waals surface area contributed by atoms with E-state index >= 15 is 0 Å². The Morgan fingerprint density at radius 1 is 1.33 bits per heavy atom. The second-order valence-electron chi connectivity index (χ2n) is 4.68. The summed E-state index contributed by atoms with van der Waals surface area (Å²) >= 11 is 0. The van der Waals surface area contributed by atoms with Crippen LogP contribution in [0.1, 0.15) is 12.5 Å². The van der Waals surface area contributed by atoms with Crippen LogP contribution in [0.5, 0.6) is 5.75 Å². The van der Waals surface area contributed by atoms with Gasteiger partial charge in [-0.05, 0) is 13.0 Å². The van der Waals surface area contributed by atoms with Crippen LogP contribution in [-0.2, 0) is 9.53 Å². The molecule has 0 bridgehead atoms. The number of hydrogen-bond donors (Lipinski definition) is 3. The fraction of sp³-hybridized carbons (Fsp3) is 0.400. The summed E-state index contributed by atoms with van der Waals surface area (Å²) in [4.78, 5) is 11.9. The molecule has 2 rings (SSSR count). The van der Waals surface area contributed by atoms with E-state index in [1.807, 2.05) is 19.1 Å². The summed E-state index contributed by atoms with van der Waals surface area (Å²) in [5.41, 5.74) is 0.748. The first kappa shape index (κ1) is 15.7. The van der Waals surface area contributed by atoms with E-state index < -0.39 is 37.0 Å². The average Bonchev–Trinajstić information content (AvgIpc) is 2.50. The van der Waals surface area contributed by atoms with Crippen LogP contribution in [0.3, 0.4) is 0 Å². The molecule has 1 aliphatic rings. The molecule has 0 aromatic heterocycles. The summed E-state index contributed by atoms with van der Waals surface area (Å²) in [6, 6.07) is 7.03. The number of rotatable bonds is 4. The zero-order valence-electron chi connectivity index (χ0n) is 11.5. The molecule has 0 radical (unpaired) electrons. The Morgan fingerprint density at radius 2 is 2.05 bits per heavy atom. The fourth-order valence-corrected chi connectivity index (χ4v) is 2.07. The van der Waals surface area contributed by atoms with E-state index in [-0.39, 0.29) is 0 Å². The second-order valence-corrected chi connectivity index (χ2v) is 4.68. The zero-order chi connectivity index (χ0) is 15.4. The van der Waals surface area contributed by atoms with E-state index in [2.05, 4.69) is 0 Å². The van der Waals surface area contributed by atoms with Crippen molar-refractivity contribution >= 4 is 11.9 Å². The molecule has 6 nitrogen and oxygen atoms in total. The minimum absolute atomic E-state index is 0.411. The van der Waals surface area contributed by atoms with Crippen molar-refractivity contribution in [2.75, 3.05) is 6.61 Å². The number of Topliss-reactive ketones (excluding diaryl/α,β-unsaturated/α-hetero) is 1. The number of carbonyl (C=O) groups excluding carboxylic acids is 1. The van der Waals surface area contributed by atoms with E-state index in [0.29, 0.717) is 5.75 Å². The van der Waals surface area contributed by atoms with Gasteiger partial charge < -0.3 is 24.8 Å². The van der Waals surface area contributed by atoms with Crippen LogP contribution in [0.2, 0.25) is 0 Å². The molecule has 0 amide bonds. The molecule has 1 aromatic rings. The summed E-state index contributed by atoms with van der Waals surface area (Å²) < 4.78 is 10.7. The Labute approximate surface area is 122 Å². The number of benzene rings is 1. The molecule has 1 fully saturated rings. The van der Waals surface area contributed by atoms with Gasteiger partial charge in [-0.2, -0.15) is 0 Å². The van der Waals surface area contributed by atoms with Gasteiger partial charge in [-0.25, -0.2) is 0 Å². The summed E-state index contributed by atoms with van der Waals surface area (Å²) in [7, 11) is 0. The van der Waals surface area contributed by atoms with Gasteiger partial charge in [0.15, 0.2) is 0 Å². The van der Waals surface area contributed by atoms with Gasteiger partial charge in [-0.15, -0.1) is 0 Å². The summed E-state index contributed by atoms with van der Waals surface area (Å²) in [6.45, 7) is 1.32. The molecule has 1 unspecified atom stereocenters. The maximum atomic E-state index is 11.9. The molecule has 1 heterocycles. The lowest BCUT2D eigenvalue weighted by Gasteiger charge is -2.34. The van der Waals surface area contributed by atoms with Crippen LogP contribution in [0.15, 0.2) is 30.3 Å². The molecular weight excluding hydrogens is 276 g/mol. The maximum absolute atomic E-state index is 11.9. The summed E-state index contributed by atoms with van der Waals surface area (Å²) in [5.74, 6) is -0.364. The number of ether oxygens (including phenoxy) is 2. The van der Waals surface area contributed by atoms with Crippen molar-refractivity contribution in [2.24, 2.45) is 0 Å². The van der Waals surface area contributed by atoms with Crippen LogP contribution >= 0.6 is 0 Å². The molecule has 1 aromatic carbocycles. The third-order valence-corrected chi connectivity index (χ3v) is 3.21. The van der Waals surface area contributed by atoms with Gasteiger partial charge in [0.1, 0.15) is 24.1 Å². The lowest BCUT2D eigenvalue weighted by molar-refractivity contribution is -0.219. The van der Waals surface area contributed by atoms with E-state index in [9.17, 15) is 15.0 Å². The quantitative estimate of drug-likeness (QED) is 0.729. The molecular formula is C15H18O6. The Hall–Kier alpha value is -1.73. The van der Waals surface area contributed by atoms with E-state index in [0.717, 1.165) is 5.56 Å². The molecule has 21 heavy (non-hydrogen) atoms. The molecule has 1 saturated heterocycles. The topological polar surface area (TPSA) is 96.2 Å². The minimum Gasteiger partial charge on any atom is -0.457 e. The highest BCUT2D eigenvalue weighted by atomic mass is 16.7. The van der Waals surface area contributed by atoms with Gasteiger partial charge in [0.2, 0.25) is 5.78 Å². The molecule has 0 spiro atoms. The fourth-order valence-electron chi connectivity index (χ4n) is 2.07. The third kappa shape index (κ3) is 3.30. The summed E-state index contributed by atoms with van der Waals surface area (Å²) in [6.07, 6.45) is -1.93. The third-order valence-electron chi connectivity index (χ3n) is 3.21. The first-order valence-corrected chi connectivity index (χ1v) is 6.63. The Morgan fingerprint density at radius 3 is 2.71 bits per heavy atom. The number of ketones is 1. The van der Waals surface area contributed by atoms with Crippen molar-refractivity contribution in [2.45, 2.75) is 31.5 Å². The molecule has 0 aliphatic carbocycles. The Kier molecular flexibility index (Phi) is 5.08. The van der Waals surface area contributed by atoms with E-state index in [1.165, 1.54) is 0 Å². The first-order valence-electron chi connectivity index (χ1n) is 6.63. The van der Waals surface area contributed by atoms with Crippen LogP contribution in [0.4, 0.5) is 0 Å². The molecule has 4 atom stereocenters. The van der Waals surface area contributed by atoms with Crippen molar-refractivity contribution in [1.29, 1.82) is 0 Å². The highest BCUT2D eigenvalue weighted by Crippen LogP contribution is 2.25. The highest BCUT2D eigenvalue weighted by molar-refractivity contribution is 5.87. The van der Waals surface area contributed by atoms with Crippen molar-refractivity contribution in [3.8, 4) is 5.75 Å². The lowest BCUT2D eigenvalue weighted by atomic mass is 10.0. The number of allylic oxidation sites excluding steroid dienone is 1. The number of hydrogen-bond acceptors (Lipinski definition) is 6. The van der Waals surface area contributed by atoms with Crippen molar-refractivity contribution < 1.29 is 29.6 Å². The Balaban J connectivity index is 2.20. The van der Waals surface area contributed by atoms with Crippen molar-refractivity contribution in [3.05, 3.63) is 35.9 Å². The normalized spacial score (nSPS) is 29.8. The molecule has 3 N–H and O–H groups in total. The average molecular weight is 294 g/mol. The molecule has 1 aliphatic heterocycles. The van der Waals surface area contributed by atoms with Crippen LogP contribution in [-0.4, -0.2) is 52.3 Å². The summed E-state index contributed by atoms with van der Waals surface area (Å²) in [5, 5.41) is 28.4. The number of aliphatic hydroxyl groups excluding tert-OH is 3. The lowest BCUT2D eigenvalue weighted by Crippen LogP contribution is -2.57. The zero-order valence-corrected chi connectivity index (χ0v) is 11.5. The van der Waals surface area contributed by atoms with Gasteiger partial charge in [0.25, 0.3) is 6.29 Å². The Bertz CT molecular complexity index is 527. The minimum atomic E-state index is -1.64. The van der Waals surface area contributed by atoms with Gasteiger partial charge >= 0.3 is 0 Å². The van der Waals surface area contributed by atoms with E-state index in [1.54, 1.807) is 24.3 Å². The predicted molar refractivity (Wildman–Crippen MR) is 74.5 cm³/mol. The van der Waals surface area contributed by atoms with Crippen molar-refractivity contribution in [3.63, 3.8) is 0 Å². The number of carbonyl (C=O) groups is 1. The highest BCUT2D eigenvalue weighted by Gasteiger charge is 2.44. The van der Waals surface area contributed by atoms with Crippen LogP contribution in [0, 0.1) is 0 Å². The molecule has 0 saturated carbocycles. The number of para-hydroxylation sites is 1.